The molecule has 0 aromatic carbocycles. The summed E-state index contributed by atoms with van der Waals surface area (Å²) in [7, 11) is 0. The molecule has 2 heterocycles. The van der Waals surface area contributed by atoms with Gasteiger partial charge in [0.25, 0.3) is 0 Å². The Hall–Kier alpha value is -1.95. The van der Waals surface area contributed by atoms with Crippen LogP contribution in [0.15, 0.2) is 24.7 Å². The number of nitrogen functional groups attached to an aromatic ring is 1. The monoisotopic (exact) mass is 217 g/mol. The van der Waals surface area contributed by atoms with Crippen molar-refractivity contribution >= 4 is 17.1 Å². The highest BCUT2D eigenvalue weighted by atomic mass is 16.3. The van der Waals surface area contributed by atoms with Gasteiger partial charge in [0, 0.05) is 6.42 Å². The number of aliphatic hydroxyl groups excluding tert-OH is 1. The van der Waals surface area contributed by atoms with Crippen LogP contribution < -0.4 is 5.73 Å². The Morgan fingerprint density at radius 2 is 2.25 bits per heavy atom. The zero-order chi connectivity index (χ0) is 11.1. The number of hydrogen-bond donors (Lipinski definition) is 2. The van der Waals surface area contributed by atoms with E-state index >= 15 is 0 Å². The minimum atomic E-state index is -0.387. The van der Waals surface area contributed by atoms with E-state index in [2.05, 4.69) is 15.0 Å². The summed E-state index contributed by atoms with van der Waals surface area (Å²) < 4.78 is 1.90. The van der Waals surface area contributed by atoms with Crippen LogP contribution in [0.2, 0.25) is 0 Å². The van der Waals surface area contributed by atoms with Gasteiger partial charge in [-0.3, -0.25) is 0 Å². The Kier molecular flexibility index (Phi) is 1.90. The van der Waals surface area contributed by atoms with Gasteiger partial charge in [-0.2, -0.15) is 4.98 Å². The van der Waals surface area contributed by atoms with Crippen LogP contribution in [-0.2, 0) is 0 Å². The predicted molar refractivity (Wildman–Crippen MR) is 58.5 cm³/mol. The van der Waals surface area contributed by atoms with E-state index in [1.807, 2.05) is 10.6 Å². The fourth-order valence-electron chi connectivity index (χ4n) is 1.95. The summed E-state index contributed by atoms with van der Waals surface area (Å²) in [5.41, 5.74) is 6.96. The standard InChI is InChI=1S/C10H11N5O/c11-10-12-4-8-9(14-10)15(5-13-8)6-1-2-7(16)3-6/h1-2,4-7,16H,3H2,(H2,11,12,14)/t6-,7+/m0/s1. The number of rotatable bonds is 1. The molecule has 3 N–H and O–H groups in total. The van der Waals surface area contributed by atoms with Gasteiger partial charge in [-0.05, 0) is 0 Å². The van der Waals surface area contributed by atoms with Crippen LogP contribution in [0.25, 0.3) is 11.2 Å². The van der Waals surface area contributed by atoms with E-state index < -0.39 is 0 Å². The van der Waals surface area contributed by atoms with Crippen molar-refractivity contribution in [3.63, 3.8) is 0 Å². The maximum Gasteiger partial charge on any atom is 0.222 e. The molecule has 0 radical (unpaired) electrons. The molecular formula is C10H11N5O. The summed E-state index contributed by atoms with van der Waals surface area (Å²) in [5.74, 6) is 0.233. The van der Waals surface area contributed by atoms with Crippen LogP contribution in [0.1, 0.15) is 12.5 Å². The number of allylic oxidation sites excluding steroid dienone is 1. The van der Waals surface area contributed by atoms with E-state index in [1.165, 1.54) is 0 Å². The summed E-state index contributed by atoms with van der Waals surface area (Å²) >= 11 is 0. The highest BCUT2D eigenvalue weighted by Gasteiger charge is 2.20. The van der Waals surface area contributed by atoms with Crippen LogP contribution in [0.3, 0.4) is 0 Å². The van der Waals surface area contributed by atoms with Crippen molar-refractivity contribution in [2.24, 2.45) is 0 Å². The minimum Gasteiger partial charge on any atom is -0.389 e. The topological polar surface area (TPSA) is 89.8 Å². The fraction of sp³-hybridized carbons (Fsp3) is 0.300. The summed E-state index contributed by atoms with van der Waals surface area (Å²) in [4.78, 5) is 12.2. The maximum atomic E-state index is 9.45. The Balaban J connectivity index is 2.10. The van der Waals surface area contributed by atoms with Crippen LogP contribution in [0, 0.1) is 0 Å². The molecule has 0 bridgehead atoms. The van der Waals surface area contributed by atoms with Crippen molar-refractivity contribution in [2.45, 2.75) is 18.6 Å². The summed E-state index contributed by atoms with van der Waals surface area (Å²) in [6, 6.07) is 0.0919. The van der Waals surface area contributed by atoms with Crippen LogP contribution in [0.5, 0.6) is 0 Å². The molecule has 0 aliphatic heterocycles. The molecule has 6 nitrogen and oxygen atoms in total. The SMILES string of the molecule is Nc1ncc2ncn([C@H]3C=C[C@@H](O)C3)c2n1. The molecule has 2 atom stereocenters. The lowest BCUT2D eigenvalue weighted by atomic mass is 10.2. The van der Waals surface area contributed by atoms with Gasteiger partial charge < -0.3 is 15.4 Å². The van der Waals surface area contributed by atoms with Gasteiger partial charge in [0.05, 0.1) is 24.7 Å². The molecule has 82 valence electrons. The van der Waals surface area contributed by atoms with Gasteiger partial charge in [0.15, 0.2) is 5.65 Å². The second kappa shape index (κ2) is 3.28. The highest BCUT2D eigenvalue weighted by molar-refractivity contribution is 5.70. The van der Waals surface area contributed by atoms with Crippen LogP contribution in [0.4, 0.5) is 5.95 Å². The molecule has 16 heavy (non-hydrogen) atoms. The van der Waals surface area contributed by atoms with E-state index in [0.29, 0.717) is 17.6 Å². The number of aliphatic hydroxyl groups is 1. The second-order valence-electron chi connectivity index (χ2n) is 3.84. The molecule has 6 heteroatoms. The van der Waals surface area contributed by atoms with Gasteiger partial charge >= 0.3 is 0 Å². The van der Waals surface area contributed by atoms with Gasteiger partial charge in [-0.15, -0.1) is 0 Å². The molecular weight excluding hydrogens is 206 g/mol. The Bertz CT molecular complexity index is 561. The molecule has 1 aliphatic rings. The molecule has 2 aromatic rings. The van der Waals surface area contributed by atoms with E-state index in [0.717, 1.165) is 0 Å². The zero-order valence-corrected chi connectivity index (χ0v) is 8.48. The zero-order valence-electron chi connectivity index (χ0n) is 8.48. The van der Waals surface area contributed by atoms with Gasteiger partial charge in [-0.25, -0.2) is 9.97 Å². The Morgan fingerprint density at radius 1 is 1.38 bits per heavy atom. The number of hydrogen-bond acceptors (Lipinski definition) is 5. The summed E-state index contributed by atoms with van der Waals surface area (Å²) in [6.45, 7) is 0. The Labute approximate surface area is 91.5 Å². The lowest BCUT2D eigenvalue weighted by molar-refractivity contribution is 0.211. The molecule has 0 saturated carbocycles. The number of anilines is 1. The molecule has 2 aromatic heterocycles. The fourth-order valence-corrected chi connectivity index (χ4v) is 1.95. The van der Waals surface area contributed by atoms with Crippen molar-refractivity contribution in [3.8, 4) is 0 Å². The van der Waals surface area contributed by atoms with E-state index in [1.54, 1.807) is 18.6 Å². The second-order valence-corrected chi connectivity index (χ2v) is 3.84. The van der Waals surface area contributed by atoms with E-state index in [4.69, 9.17) is 5.73 Å². The molecule has 1 aliphatic carbocycles. The quantitative estimate of drug-likeness (QED) is 0.669. The molecule has 0 saturated heterocycles. The van der Waals surface area contributed by atoms with Crippen LogP contribution >= 0.6 is 0 Å². The molecule has 0 spiro atoms. The largest absolute Gasteiger partial charge is 0.389 e. The smallest absolute Gasteiger partial charge is 0.222 e. The molecule has 0 fully saturated rings. The molecule has 0 unspecified atom stereocenters. The molecule has 0 amide bonds. The third-order valence-corrected chi connectivity index (χ3v) is 2.73. The lowest BCUT2D eigenvalue weighted by Gasteiger charge is -2.10. The van der Waals surface area contributed by atoms with Gasteiger partial charge in [0.2, 0.25) is 5.95 Å². The molecule has 3 rings (SSSR count). The normalized spacial score (nSPS) is 24.3. The average Bonchev–Trinajstić information content (AvgIpc) is 2.83. The van der Waals surface area contributed by atoms with Crippen molar-refractivity contribution in [2.75, 3.05) is 5.73 Å². The van der Waals surface area contributed by atoms with Crippen molar-refractivity contribution in [1.29, 1.82) is 0 Å². The van der Waals surface area contributed by atoms with Crippen molar-refractivity contribution in [1.82, 2.24) is 19.5 Å². The lowest BCUT2D eigenvalue weighted by Crippen LogP contribution is -2.08. The average molecular weight is 217 g/mol. The third kappa shape index (κ3) is 1.35. The number of nitrogens with two attached hydrogens (primary N) is 1. The van der Waals surface area contributed by atoms with Crippen LogP contribution in [-0.4, -0.2) is 30.7 Å². The first-order valence-electron chi connectivity index (χ1n) is 5.05. The number of imidazole rings is 1. The van der Waals surface area contributed by atoms with Crippen molar-refractivity contribution in [3.05, 3.63) is 24.7 Å². The first-order chi connectivity index (χ1) is 7.74. The number of aromatic nitrogens is 4. The first kappa shape index (κ1) is 9.29. The Morgan fingerprint density at radius 3 is 3.00 bits per heavy atom. The maximum absolute atomic E-state index is 9.45. The van der Waals surface area contributed by atoms with Gasteiger partial charge in [0.1, 0.15) is 5.52 Å². The predicted octanol–water partition coefficient (Wildman–Crippen LogP) is 0.270. The van der Waals surface area contributed by atoms with Crippen molar-refractivity contribution < 1.29 is 5.11 Å². The first-order valence-corrected chi connectivity index (χ1v) is 5.05. The summed E-state index contributed by atoms with van der Waals surface area (Å²) in [5, 5.41) is 9.45. The minimum absolute atomic E-state index is 0.0919. The highest BCUT2D eigenvalue weighted by Crippen LogP contribution is 2.26. The summed E-state index contributed by atoms with van der Waals surface area (Å²) in [6.07, 6.45) is 7.29. The van der Waals surface area contributed by atoms with E-state index in [9.17, 15) is 5.11 Å². The van der Waals surface area contributed by atoms with Gasteiger partial charge in [-0.1, -0.05) is 12.2 Å². The third-order valence-electron chi connectivity index (χ3n) is 2.73. The number of fused-ring (bicyclic) bond motifs is 1. The number of nitrogens with zero attached hydrogens (tertiary/aromatic N) is 4. The van der Waals surface area contributed by atoms with E-state index in [-0.39, 0.29) is 18.1 Å².